The van der Waals surface area contributed by atoms with Crippen molar-refractivity contribution in [2.24, 2.45) is 5.41 Å². The molecule has 1 aliphatic rings. The summed E-state index contributed by atoms with van der Waals surface area (Å²) < 4.78 is 5.58. The normalized spacial score (nSPS) is 23.1. The van der Waals surface area contributed by atoms with Gasteiger partial charge in [-0.15, -0.1) is 0 Å². The molecule has 1 saturated carbocycles. The Hall–Kier alpha value is -2.41. The fourth-order valence-electron chi connectivity index (χ4n) is 3.48. The minimum atomic E-state index is -1.32. The number of amides is 2. The molecule has 148 valence electrons. The third-order valence-corrected chi connectivity index (χ3v) is 5.38. The van der Waals surface area contributed by atoms with E-state index < -0.39 is 16.9 Å². The highest BCUT2D eigenvalue weighted by molar-refractivity contribution is 5.94. The van der Waals surface area contributed by atoms with Crippen LogP contribution in [0.3, 0.4) is 0 Å². The lowest BCUT2D eigenvalue weighted by Crippen LogP contribution is -2.76. The number of nitrogens with one attached hydrogen (secondary N) is 2. The number of hydrogen-bond acceptors (Lipinski definition) is 4. The summed E-state index contributed by atoms with van der Waals surface area (Å²) in [6.07, 6.45) is 0.609. The molecule has 0 spiro atoms. The molecule has 2 amide bonds. The van der Waals surface area contributed by atoms with Crippen molar-refractivity contribution < 1.29 is 24.2 Å². The largest absolute Gasteiger partial charge is 0.479 e. The molecule has 0 aromatic heterocycles. The summed E-state index contributed by atoms with van der Waals surface area (Å²) in [5.74, 6) is -1.58. The first kappa shape index (κ1) is 20.9. The van der Waals surface area contributed by atoms with Crippen molar-refractivity contribution in [1.29, 1.82) is 0 Å². The summed E-state index contributed by atoms with van der Waals surface area (Å²) in [5, 5.41) is 15.1. The Bertz CT molecular complexity index is 689. The van der Waals surface area contributed by atoms with Gasteiger partial charge in [0, 0.05) is 37.0 Å². The highest BCUT2D eigenvalue weighted by Crippen LogP contribution is 2.51. The maximum absolute atomic E-state index is 12.3. The maximum atomic E-state index is 12.3. The first-order valence-electron chi connectivity index (χ1n) is 9.24. The van der Waals surface area contributed by atoms with Crippen LogP contribution in [-0.4, -0.2) is 47.7 Å². The summed E-state index contributed by atoms with van der Waals surface area (Å²) in [4.78, 5) is 36.1. The van der Waals surface area contributed by atoms with E-state index in [1.54, 1.807) is 38.1 Å². The van der Waals surface area contributed by atoms with Gasteiger partial charge in [0.15, 0.2) is 0 Å². The fourth-order valence-corrected chi connectivity index (χ4v) is 3.48. The molecule has 2 atom stereocenters. The molecule has 1 aromatic rings. The van der Waals surface area contributed by atoms with E-state index >= 15 is 0 Å². The molecular weight excluding hydrogens is 348 g/mol. The van der Waals surface area contributed by atoms with Gasteiger partial charge in [-0.2, -0.15) is 0 Å². The number of rotatable bonds is 9. The van der Waals surface area contributed by atoms with Gasteiger partial charge in [-0.25, -0.2) is 4.79 Å². The monoisotopic (exact) mass is 376 g/mol. The molecule has 2 rings (SSSR count). The van der Waals surface area contributed by atoms with Crippen molar-refractivity contribution in [3.8, 4) is 0 Å². The SMILES string of the molecule is CCOC1CC(NC(=O)CCCNC(=O)c2ccccc2)(C(=O)O)C1(C)C. The van der Waals surface area contributed by atoms with Crippen LogP contribution >= 0.6 is 0 Å². The fraction of sp³-hybridized carbons (Fsp3) is 0.550. The quantitative estimate of drug-likeness (QED) is 0.572. The number of aliphatic carboxylic acids is 1. The molecule has 0 saturated heterocycles. The molecule has 0 radical (unpaired) electrons. The Morgan fingerprint density at radius 1 is 1.22 bits per heavy atom. The smallest absolute Gasteiger partial charge is 0.330 e. The number of carbonyl (C=O) groups is 3. The third-order valence-electron chi connectivity index (χ3n) is 5.38. The highest BCUT2D eigenvalue weighted by atomic mass is 16.5. The highest BCUT2D eigenvalue weighted by Gasteiger charge is 2.66. The zero-order valence-electron chi connectivity index (χ0n) is 16.1. The van der Waals surface area contributed by atoms with Gasteiger partial charge in [-0.3, -0.25) is 9.59 Å². The van der Waals surface area contributed by atoms with E-state index in [9.17, 15) is 19.5 Å². The average Bonchev–Trinajstić information content (AvgIpc) is 2.64. The number of benzene rings is 1. The number of carbonyl (C=O) groups excluding carboxylic acids is 2. The first-order chi connectivity index (χ1) is 12.7. The van der Waals surface area contributed by atoms with Gasteiger partial charge in [0.2, 0.25) is 5.91 Å². The van der Waals surface area contributed by atoms with E-state index in [4.69, 9.17) is 4.74 Å². The van der Waals surface area contributed by atoms with Crippen LogP contribution in [0.5, 0.6) is 0 Å². The molecule has 0 bridgehead atoms. The molecule has 1 fully saturated rings. The second-order valence-corrected chi connectivity index (χ2v) is 7.35. The molecule has 3 N–H and O–H groups in total. The van der Waals surface area contributed by atoms with Gasteiger partial charge in [0.1, 0.15) is 5.54 Å². The van der Waals surface area contributed by atoms with Crippen LogP contribution in [0.25, 0.3) is 0 Å². The Balaban J connectivity index is 1.82. The van der Waals surface area contributed by atoms with Gasteiger partial charge in [-0.1, -0.05) is 32.0 Å². The minimum absolute atomic E-state index is 0.138. The lowest BCUT2D eigenvalue weighted by atomic mass is 9.54. The number of ether oxygens (including phenoxy) is 1. The molecule has 1 aromatic carbocycles. The molecule has 27 heavy (non-hydrogen) atoms. The molecular formula is C20H28N2O5. The van der Waals surface area contributed by atoms with E-state index in [-0.39, 0.29) is 30.8 Å². The number of carboxylic acid groups (broad SMARTS) is 1. The lowest BCUT2D eigenvalue weighted by molar-refractivity contribution is -0.194. The summed E-state index contributed by atoms with van der Waals surface area (Å²) in [6, 6.07) is 8.82. The van der Waals surface area contributed by atoms with Crippen LogP contribution < -0.4 is 10.6 Å². The predicted molar refractivity (Wildman–Crippen MR) is 100 cm³/mol. The van der Waals surface area contributed by atoms with Gasteiger partial charge in [0.25, 0.3) is 5.91 Å². The molecule has 7 nitrogen and oxygen atoms in total. The summed E-state index contributed by atoms with van der Waals surface area (Å²) in [5.41, 5.74) is -1.46. The van der Waals surface area contributed by atoms with E-state index in [0.29, 0.717) is 25.1 Å². The molecule has 7 heteroatoms. The molecule has 0 aliphatic heterocycles. The van der Waals surface area contributed by atoms with Gasteiger partial charge in [-0.05, 0) is 25.5 Å². The second-order valence-electron chi connectivity index (χ2n) is 7.35. The van der Waals surface area contributed by atoms with Crippen LogP contribution in [0.15, 0.2) is 30.3 Å². The maximum Gasteiger partial charge on any atom is 0.330 e. The average molecular weight is 376 g/mol. The lowest BCUT2D eigenvalue weighted by Gasteiger charge is -2.58. The van der Waals surface area contributed by atoms with Gasteiger partial charge in [0.05, 0.1) is 6.10 Å². The van der Waals surface area contributed by atoms with Crippen LogP contribution in [0.1, 0.15) is 50.4 Å². The molecule has 2 unspecified atom stereocenters. The summed E-state index contributed by atoms with van der Waals surface area (Å²) >= 11 is 0. The predicted octanol–water partition coefficient (Wildman–Crippen LogP) is 1.97. The summed E-state index contributed by atoms with van der Waals surface area (Å²) in [7, 11) is 0. The van der Waals surface area contributed by atoms with Gasteiger partial charge < -0.3 is 20.5 Å². The first-order valence-corrected chi connectivity index (χ1v) is 9.24. The topological polar surface area (TPSA) is 105 Å². The van der Waals surface area contributed by atoms with Gasteiger partial charge >= 0.3 is 5.97 Å². The van der Waals surface area contributed by atoms with E-state index in [1.165, 1.54) is 0 Å². The standard InChI is InChI=1S/C20H28N2O5/c1-4-27-15-13-20(18(25)26,19(15,2)3)22-16(23)11-8-12-21-17(24)14-9-6-5-7-10-14/h5-7,9-10,15H,4,8,11-13H2,1-3H3,(H,21,24)(H,22,23)(H,25,26). The van der Waals surface area contributed by atoms with Crippen molar-refractivity contribution in [2.45, 2.75) is 51.7 Å². The third kappa shape index (κ3) is 4.30. The van der Waals surface area contributed by atoms with Crippen LogP contribution in [0.4, 0.5) is 0 Å². The zero-order chi connectivity index (χ0) is 20.1. The van der Waals surface area contributed by atoms with Crippen molar-refractivity contribution >= 4 is 17.8 Å². The van der Waals surface area contributed by atoms with Crippen molar-refractivity contribution in [3.63, 3.8) is 0 Å². The molecule has 0 heterocycles. The number of carboxylic acids is 1. The Kier molecular flexibility index (Phi) is 6.59. The summed E-state index contributed by atoms with van der Waals surface area (Å²) in [6.45, 7) is 6.29. The Morgan fingerprint density at radius 2 is 1.89 bits per heavy atom. The van der Waals surface area contributed by atoms with E-state index in [2.05, 4.69) is 10.6 Å². The minimum Gasteiger partial charge on any atom is -0.479 e. The van der Waals surface area contributed by atoms with E-state index in [1.807, 2.05) is 13.0 Å². The van der Waals surface area contributed by atoms with Crippen molar-refractivity contribution in [3.05, 3.63) is 35.9 Å². The van der Waals surface area contributed by atoms with Crippen LogP contribution in [0, 0.1) is 5.41 Å². The Morgan fingerprint density at radius 3 is 2.44 bits per heavy atom. The second kappa shape index (κ2) is 8.52. The van der Waals surface area contributed by atoms with E-state index in [0.717, 1.165) is 0 Å². The van der Waals surface area contributed by atoms with Crippen molar-refractivity contribution in [2.75, 3.05) is 13.2 Å². The number of hydrogen-bond donors (Lipinski definition) is 3. The van der Waals surface area contributed by atoms with Crippen LogP contribution in [-0.2, 0) is 14.3 Å². The van der Waals surface area contributed by atoms with Crippen LogP contribution in [0.2, 0.25) is 0 Å². The zero-order valence-corrected chi connectivity index (χ0v) is 16.1. The Labute approximate surface area is 159 Å². The molecule has 1 aliphatic carbocycles. The van der Waals surface area contributed by atoms with Crippen molar-refractivity contribution in [1.82, 2.24) is 10.6 Å².